The monoisotopic (exact) mass is 198 g/mol. The van der Waals surface area contributed by atoms with Crippen molar-refractivity contribution in [1.82, 2.24) is 0 Å². The second-order valence-corrected chi connectivity index (χ2v) is 3.44. The Balaban J connectivity index is 4.59. The summed E-state index contributed by atoms with van der Waals surface area (Å²) in [5.74, 6) is -0.263. The summed E-state index contributed by atoms with van der Waals surface area (Å²) in [4.78, 5) is 11.2. The van der Waals surface area contributed by atoms with E-state index in [2.05, 4.69) is 13.8 Å². The molecule has 0 aromatic carbocycles. The lowest BCUT2D eigenvalue weighted by atomic mass is 9.97. The second-order valence-electron chi connectivity index (χ2n) is 3.44. The normalized spacial score (nSPS) is 12.5. The summed E-state index contributed by atoms with van der Waals surface area (Å²) >= 11 is 0. The van der Waals surface area contributed by atoms with Crippen molar-refractivity contribution < 1.29 is 4.79 Å². The zero-order valence-electron chi connectivity index (χ0n) is 9.31. The van der Waals surface area contributed by atoms with Crippen LogP contribution in [0.4, 0.5) is 0 Å². The van der Waals surface area contributed by atoms with E-state index in [9.17, 15) is 4.79 Å². The largest absolute Gasteiger partial charge is 0.366 e. The first-order chi connectivity index (χ1) is 6.67. The van der Waals surface area contributed by atoms with Gasteiger partial charge < -0.3 is 11.5 Å². The summed E-state index contributed by atoms with van der Waals surface area (Å²) in [6.45, 7) is 4.78. The zero-order valence-corrected chi connectivity index (χ0v) is 9.31. The Labute approximate surface area is 86.5 Å². The Morgan fingerprint density at radius 1 is 1.21 bits per heavy atom. The maximum atomic E-state index is 11.2. The molecule has 0 heterocycles. The molecule has 14 heavy (non-hydrogen) atoms. The third-order valence-corrected chi connectivity index (χ3v) is 2.33. The summed E-state index contributed by atoms with van der Waals surface area (Å²) in [6.07, 6.45) is 4.50. The minimum Gasteiger partial charge on any atom is -0.366 e. The molecule has 0 saturated carbocycles. The highest BCUT2D eigenvalue weighted by molar-refractivity contribution is 5.92. The molecule has 4 N–H and O–H groups in total. The van der Waals surface area contributed by atoms with Crippen molar-refractivity contribution in [3.05, 3.63) is 11.1 Å². The van der Waals surface area contributed by atoms with Gasteiger partial charge in [0.15, 0.2) is 0 Å². The van der Waals surface area contributed by atoms with E-state index in [-0.39, 0.29) is 5.91 Å². The first kappa shape index (κ1) is 13.2. The van der Waals surface area contributed by atoms with Crippen LogP contribution in [0.2, 0.25) is 0 Å². The first-order valence-electron chi connectivity index (χ1n) is 5.38. The van der Waals surface area contributed by atoms with Gasteiger partial charge in [-0.05, 0) is 32.2 Å². The molecule has 0 saturated heterocycles. The van der Waals surface area contributed by atoms with Gasteiger partial charge in [0.25, 0.3) is 0 Å². The lowest BCUT2D eigenvalue weighted by Crippen LogP contribution is -2.16. The lowest BCUT2D eigenvalue weighted by Gasteiger charge is -2.10. The van der Waals surface area contributed by atoms with Gasteiger partial charge in [-0.25, -0.2) is 0 Å². The van der Waals surface area contributed by atoms with Gasteiger partial charge in [0, 0.05) is 5.57 Å². The fraction of sp³-hybridized carbons (Fsp3) is 0.727. The number of carbonyl (C=O) groups is 1. The maximum absolute atomic E-state index is 11.2. The number of primary amides is 1. The Morgan fingerprint density at radius 2 is 1.86 bits per heavy atom. The molecule has 3 nitrogen and oxygen atoms in total. The molecule has 0 bridgehead atoms. The van der Waals surface area contributed by atoms with E-state index in [1.54, 1.807) is 0 Å². The van der Waals surface area contributed by atoms with E-state index < -0.39 is 0 Å². The highest BCUT2D eigenvalue weighted by Crippen LogP contribution is 2.18. The van der Waals surface area contributed by atoms with Crippen LogP contribution >= 0.6 is 0 Å². The van der Waals surface area contributed by atoms with E-state index in [4.69, 9.17) is 11.5 Å². The average Bonchev–Trinajstić information content (AvgIpc) is 2.17. The highest BCUT2D eigenvalue weighted by Gasteiger charge is 2.09. The van der Waals surface area contributed by atoms with Crippen molar-refractivity contribution in [3.8, 4) is 0 Å². The molecule has 0 unspecified atom stereocenters. The van der Waals surface area contributed by atoms with E-state index in [1.807, 2.05) is 0 Å². The SMILES string of the molecule is CCCC(C(N)=O)=C(CC)CCCN. The number of nitrogens with two attached hydrogens (primary N) is 2. The summed E-state index contributed by atoms with van der Waals surface area (Å²) in [5.41, 5.74) is 12.8. The van der Waals surface area contributed by atoms with Crippen LogP contribution in [-0.4, -0.2) is 12.5 Å². The second kappa shape index (κ2) is 7.56. The quantitative estimate of drug-likeness (QED) is 0.611. The topological polar surface area (TPSA) is 69.1 Å². The van der Waals surface area contributed by atoms with E-state index in [0.29, 0.717) is 6.54 Å². The fourth-order valence-electron chi connectivity index (χ4n) is 1.58. The third kappa shape index (κ3) is 4.42. The predicted molar refractivity (Wildman–Crippen MR) is 59.7 cm³/mol. The molecule has 0 radical (unpaired) electrons. The molecular weight excluding hydrogens is 176 g/mol. The van der Waals surface area contributed by atoms with Gasteiger partial charge in [-0.2, -0.15) is 0 Å². The Hall–Kier alpha value is -0.830. The van der Waals surface area contributed by atoms with Crippen LogP contribution in [0, 0.1) is 0 Å². The van der Waals surface area contributed by atoms with Crippen molar-refractivity contribution in [1.29, 1.82) is 0 Å². The molecule has 0 fully saturated rings. The highest BCUT2D eigenvalue weighted by atomic mass is 16.1. The third-order valence-electron chi connectivity index (χ3n) is 2.33. The number of hydrogen-bond acceptors (Lipinski definition) is 2. The van der Waals surface area contributed by atoms with Crippen LogP contribution in [0.25, 0.3) is 0 Å². The van der Waals surface area contributed by atoms with Crippen LogP contribution in [-0.2, 0) is 4.79 Å². The van der Waals surface area contributed by atoms with Crippen molar-refractivity contribution in [2.75, 3.05) is 6.54 Å². The number of amides is 1. The van der Waals surface area contributed by atoms with Gasteiger partial charge in [-0.3, -0.25) is 4.79 Å². The summed E-state index contributed by atoms with van der Waals surface area (Å²) in [7, 11) is 0. The molecular formula is C11H22N2O. The Bertz CT molecular complexity index is 209. The molecule has 0 atom stereocenters. The summed E-state index contributed by atoms with van der Waals surface area (Å²) < 4.78 is 0. The zero-order chi connectivity index (χ0) is 11.0. The Kier molecular flexibility index (Phi) is 7.11. The molecule has 0 aromatic rings. The van der Waals surface area contributed by atoms with Gasteiger partial charge in [0.05, 0.1) is 0 Å². The minimum absolute atomic E-state index is 0.263. The molecule has 0 aromatic heterocycles. The molecule has 0 spiro atoms. The van der Waals surface area contributed by atoms with Crippen molar-refractivity contribution >= 4 is 5.91 Å². The van der Waals surface area contributed by atoms with E-state index in [0.717, 1.165) is 37.7 Å². The fourth-order valence-corrected chi connectivity index (χ4v) is 1.58. The maximum Gasteiger partial charge on any atom is 0.244 e. The Morgan fingerprint density at radius 3 is 2.21 bits per heavy atom. The molecule has 3 heteroatoms. The van der Waals surface area contributed by atoms with Crippen LogP contribution in [0.15, 0.2) is 11.1 Å². The van der Waals surface area contributed by atoms with Crippen molar-refractivity contribution in [2.24, 2.45) is 11.5 Å². The summed E-state index contributed by atoms with van der Waals surface area (Å²) in [5, 5.41) is 0. The molecule has 82 valence electrons. The molecule has 1 amide bonds. The predicted octanol–water partition coefficient (Wildman–Crippen LogP) is 1.72. The van der Waals surface area contributed by atoms with Gasteiger partial charge in [-0.15, -0.1) is 0 Å². The van der Waals surface area contributed by atoms with Gasteiger partial charge >= 0.3 is 0 Å². The van der Waals surface area contributed by atoms with E-state index in [1.165, 1.54) is 5.57 Å². The van der Waals surface area contributed by atoms with Gasteiger partial charge in [-0.1, -0.05) is 25.8 Å². The van der Waals surface area contributed by atoms with Crippen LogP contribution < -0.4 is 11.5 Å². The van der Waals surface area contributed by atoms with Gasteiger partial charge in [0.2, 0.25) is 5.91 Å². The minimum atomic E-state index is -0.263. The van der Waals surface area contributed by atoms with Crippen molar-refractivity contribution in [2.45, 2.75) is 46.0 Å². The molecule has 0 aliphatic carbocycles. The molecule has 0 aliphatic heterocycles. The van der Waals surface area contributed by atoms with Crippen molar-refractivity contribution in [3.63, 3.8) is 0 Å². The number of hydrogen-bond donors (Lipinski definition) is 2. The average molecular weight is 198 g/mol. The number of allylic oxidation sites excluding steroid dienone is 1. The van der Waals surface area contributed by atoms with E-state index >= 15 is 0 Å². The molecule has 0 rings (SSSR count). The number of carbonyl (C=O) groups excluding carboxylic acids is 1. The van der Waals surface area contributed by atoms with Crippen LogP contribution in [0.5, 0.6) is 0 Å². The number of rotatable bonds is 7. The smallest absolute Gasteiger partial charge is 0.244 e. The lowest BCUT2D eigenvalue weighted by molar-refractivity contribution is -0.114. The van der Waals surface area contributed by atoms with Crippen LogP contribution in [0.1, 0.15) is 46.0 Å². The first-order valence-corrected chi connectivity index (χ1v) is 5.38. The molecule has 0 aliphatic rings. The van der Waals surface area contributed by atoms with Crippen LogP contribution in [0.3, 0.4) is 0 Å². The van der Waals surface area contributed by atoms with Gasteiger partial charge in [0.1, 0.15) is 0 Å². The standard InChI is InChI=1S/C11H22N2O/c1-3-6-10(11(13)14)9(4-2)7-5-8-12/h3-8,12H2,1-2H3,(H2,13,14). The summed E-state index contributed by atoms with van der Waals surface area (Å²) in [6, 6.07) is 0.